The van der Waals surface area contributed by atoms with E-state index in [-0.39, 0.29) is 17.3 Å². The first-order valence-corrected chi connectivity index (χ1v) is 7.38. The van der Waals surface area contributed by atoms with Gasteiger partial charge < -0.3 is 10.9 Å². The lowest BCUT2D eigenvalue weighted by Crippen LogP contribution is -2.26. The number of hydrogen-bond donors (Lipinski definition) is 3. The van der Waals surface area contributed by atoms with Gasteiger partial charge in [0.25, 0.3) is 0 Å². The normalized spacial score (nSPS) is 12.6. The molecular weight excluding hydrogens is 266 g/mol. The van der Waals surface area contributed by atoms with E-state index in [9.17, 15) is 8.42 Å². The molecule has 19 heavy (non-hydrogen) atoms. The molecule has 0 amide bonds. The van der Waals surface area contributed by atoms with Crippen LogP contribution in [0.1, 0.15) is 24.0 Å². The Morgan fingerprint density at radius 2 is 2.11 bits per heavy atom. The molecule has 0 aromatic heterocycles. The molecule has 0 heterocycles. The van der Waals surface area contributed by atoms with E-state index in [1.165, 1.54) is 0 Å². The first kappa shape index (κ1) is 15.5. The molecule has 1 aromatic carbocycles. The lowest BCUT2D eigenvalue weighted by molar-refractivity contribution is 0.316. The van der Waals surface area contributed by atoms with Crippen LogP contribution in [-0.4, -0.2) is 26.0 Å². The van der Waals surface area contributed by atoms with Crippen molar-refractivity contribution < 1.29 is 13.6 Å². The predicted molar refractivity (Wildman–Crippen MR) is 73.7 cm³/mol. The summed E-state index contributed by atoms with van der Waals surface area (Å²) in [6.45, 7) is 3.84. The van der Waals surface area contributed by atoms with Crippen LogP contribution in [0.15, 0.2) is 28.3 Å². The first-order valence-electron chi connectivity index (χ1n) is 5.90. The van der Waals surface area contributed by atoms with Gasteiger partial charge in [-0.2, -0.15) is 0 Å². The third kappa shape index (κ3) is 4.53. The summed E-state index contributed by atoms with van der Waals surface area (Å²) in [5.41, 5.74) is 6.90. The molecule has 6 nitrogen and oxygen atoms in total. The molecular formula is C12H19N3O3S. The molecule has 1 rings (SSSR count). The molecule has 7 heteroatoms. The highest BCUT2D eigenvalue weighted by Crippen LogP contribution is 2.16. The molecule has 4 N–H and O–H groups in total. The fourth-order valence-corrected chi connectivity index (χ4v) is 3.00. The van der Waals surface area contributed by atoms with Crippen molar-refractivity contribution >= 4 is 15.9 Å². The zero-order valence-electron chi connectivity index (χ0n) is 11.0. The Morgan fingerprint density at radius 3 is 2.74 bits per heavy atom. The molecule has 0 spiro atoms. The van der Waals surface area contributed by atoms with Gasteiger partial charge >= 0.3 is 0 Å². The Hall–Kier alpha value is -1.60. The minimum atomic E-state index is -3.51. The van der Waals surface area contributed by atoms with E-state index >= 15 is 0 Å². The molecule has 0 unspecified atom stereocenters. The Bertz CT molecular complexity index is 568. The summed E-state index contributed by atoms with van der Waals surface area (Å²) in [4.78, 5) is 0.288. The third-order valence-corrected chi connectivity index (χ3v) is 4.27. The summed E-state index contributed by atoms with van der Waals surface area (Å²) >= 11 is 0. The highest BCUT2D eigenvalue weighted by Gasteiger charge is 2.16. The Kier molecular flexibility index (Phi) is 5.31. The number of nitrogens with two attached hydrogens (primary N) is 1. The van der Waals surface area contributed by atoms with Crippen molar-refractivity contribution in [1.29, 1.82) is 0 Å². The smallest absolute Gasteiger partial charge is 0.240 e. The number of nitrogens with one attached hydrogen (secondary N) is 1. The number of nitrogens with zero attached hydrogens (tertiary/aromatic N) is 1. The lowest BCUT2D eigenvalue weighted by atomic mass is 10.2. The molecule has 0 aliphatic rings. The zero-order chi connectivity index (χ0) is 14.5. The third-order valence-electron chi connectivity index (χ3n) is 2.66. The van der Waals surface area contributed by atoms with Crippen molar-refractivity contribution in [3.63, 3.8) is 0 Å². The fraction of sp³-hybridized carbons (Fsp3) is 0.417. The van der Waals surface area contributed by atoms with Gasteiger partial charge in [0.05, 0.1) is 4.90 Å². The van der Waals surface area contributed by atoms with E-state index in [1.54, 1.807) is 19.1 Å². The molecule has 0 bridgehead atoms. The van der Waals surface area contributed by atoms with Crippen molar-refractivity contribution in [2.24, 2.45) is 10.9 Å². The van der Waals surface area contributed by atoms with Gasteiger partial charge in [-0.05, 0) is 37.5 Å². The summed E-state index contributed by atoms with van der Waals surface area (Å²) in [7, 11) is -3.51. The maximum absolute atomic E-state index is 12.1. The molecule has 0 saturated heterocycles. The highest BCUT2D eigenvalue weighted by atomic mass is 32.2. The quantitative estimate of drug-likeness (QED) is 0.239. The van der Waals surface area contributed by atoms with Gasteiger partial charge in [-0.1, -0.05) is 17.3 Å². The molecule has 0 atom stereocenters. The summed E-state index contributed by atoms with van der Waals surface area (Å²) in [5.74, 6) is 0.0888. The summed E-state index contributed by atoms with van der Waals surface area (Å²) in [5, 5.41) is 11.2. The van der Waals surface area contributed by atoms with Crippen LogP contribution >= 0.6 is 0 Å². The molecule has 106 valence electrons. The van der Waals surface area contributed by atoms with Crippen LogP contribution in [0.3, 0.4) is 0 Å². The zero-order valence-corrected chi connectivity index (χ0v) is 11.9. The maximum Gasteiger partial charge on any atom is 0.240 e. The monoisotopic (exact) mass is 285 g/mol. The molecule has 0 aliphatic heterocycles. The van der Waals surface area contributed by atoms with Crippen LogP contribution in [-0.2, 0) is 10.0 Å². The molecule has 0 aliphatic carbocycles. The van der Waals surface area contributed by atoms with Crippen LogP contribution in [0.2, 0.25) is 0 Å². The van der Waals surface area contributed by atoms with Gasteiger partial charge in [0, 0.05) is 13.0 Å². The number of amidine groups is 1. The van der Waals surface area contributed by atoms with E-state index in [1.807, 2.05) is 13.0 Å². The lowest BCUT2D eigenvalue weighted by Gasteiger charge is -2.09. The minimum absolute atomic E-state index is 0.0888. The molecule has 0 radical (unpaired) electrons. The van der Waals surface area contributed by atoms with Crippen molar-refractivity contribution in [3.8, 4) is 0 Å². The number of rotatable bonds is 6. The summed E-state index contributed by atoms with van der Waals surface area (Å²) in [6.07, 6.45) is 0.811. The van der Waals surface area contributed by atoms with Gasteiger partial charge in [-0.3, -0.25) is 0 Å². The molecule has 1 aromatic rings. The summed E-state index contributed by atoms with van der Waals surface area (Å²) < 4.78 is 26.7. The predicted octanol–water partition coefficient (Wildman–Crippen LogP) is 1.11. The Labute approximate surface area is 113 Å². The number of oxime groups is 1. The van der Waals surface area contributed by atoms with Gasteiger partial charge in [0.2, 0.25) is 10.0 Å². The Balaban J connectivity index is 2.69. The second kappa shape index (κ2) is 6.53. The van der Waals surface area contributed by atoms with Gasteiger partial charge in [-0.25, -0.2) is 13.1 Å². The maximum atomic E-state index is 12.1. The highest BCUT2D eigenvalue weighted by molar-refractivity contribution is 7.89. The second-order valence-corrected chi connectivity index (χ2v) is 6.10. The summed E-state index contributed by atoms with van der Waals surface area (Å²) in [6, 6.07) is 5.29. The number of sulfonamides is 1. The average Bonchev–Trinajstić information content (AvgIpc) is 2.37. The largest absolute Gasteiger partial charge is 0.409 e. The minimum Gasteiger partial charge on any atom is -0.409 e. The van der Waals surface area contributed by atoms with E-state index in [4.69, 9.17) is 10.9 Å². The molecule has 0 saturated carbocycles. The topological polar surface area (TPSA) is 105 Å². The SMILES string of the molecule is Cc1ccc(C)c(S(=O)(=O)NCCC/C(N)=N/O)c1. The van der Waals surface area contributed by atoms with Crippen LogP contribution < -0.4 is 10.5 Å². The van der Waals surface area contributed by atoms with Crippen LogP contribution in [0, 0.1) is 13.8 Å². The average molecular weight is 285 g/mol. The van der Waals surface area contributed by atoms with Gasteiger partial charge in [0.15, 0.2) is 0 Å². The number of aryl methyl sites for hydroxylation is 2. The van der Waals surface area contributed by atoms with Crippen molar-refractivity contribution in [2.45, 2.75) is 31.6 Å². The van der Waals surface area contributed by atoms with Crippen molar-refractivity contribution in [2.75, 3.05) is 6.54 Å². The first-order chi connectivity index (χ1) is 8.86. The van der Waals surface area contributed by atoms with E-state index in [0.717, 1.165) is 5.56 Å². The second-order valence-electron chi connectivity index (χ2n) is 4.36. The number of hydrogen-bond acceptors (Lipinski definition) is 4. The van der Waals surface area contributed by atoms with Crippen molar-refractivity contribution in [3.05, 3.63) is 29.3 Å². The van der Waals surface area contributed by atoms with Crippen LogP contribution in [0.5, 0.6) is 0 Å². The standard InChI is InChI=1S/C12H19N3O3S/c1-9-5-6-10(2)11(8-9)19(17,18)14-7-3-4-12(13)15-16/h5-6,8,14,16H,3-4,7H2,1-2H3,(H2,13,15). The van der Waals surface area contributed by atoms with Gasteiger partial charge in [0.1, 0.15) is 5.84 Å². The fourth-order valence-electron chi connectivity index (χ4n) is 1.60. The number of benzene rings is 1. The van der Waals surface area contributed by atoms with Crippen LogP contribution in [0.4, 0.5) is 0 Å². The van der Waals surface area contributed by atoms with E-state index in [0.29, 0.717) is 18.4 Å². The van der Waals surface area contributed by atoms with Crippen molar-refractivity contribution in [1.82, 2.24) is 4.72 Å². The van der Waals surface area contributed by atoms with Crippen LogP contribution in [0.25, 0.3) is 0 Å². The van der Waals surface area contributed by atoms with Gasteiger partial charge in [-0.15, -0.1) is 0 Å². The van der Waals surface area contributed by atoms with E-state index < -0.39 is 10.0 Å². The molecule has 0 fully saturated rings. The van der Waals surface area contributed by atoms with E-state index in [2.05, 4.69) is 9.88 Å². The Morgan fingerprint density at radius 1 is 1.42 bits per heavy atom.